The maximum absolute atomic E-state index is 5.63. The Morgan fingerprint density at radius 3 is 2.76 bits per heavy atom. The number of ether oxygens (including phenoxy) is 1. The minimum absolute atomic E-state index is 0.414. The van der Waals surface area contributed by atoms with E-state index in [1.165, 1.54) is 0 Å². The highest BCUT2D eigenvalue weighted by Gasteiger charge is 2.03. The second-order valence-electron chi connectivity index (χ2n) is 4.69. The van der Waals surface area contributed by atoms with Crippen LogP contribution in [0.15, 0.2) is 55.0 Å². The number of hydrogen-bond acceptors (Lipinski definition) is 5. The predicted octanol–water partition coefficient (Wildman–Crippen LogP) is 2.54. The van der Waals surface area contributed by atoms with E-state index in [0.717, 1.165) is 23.1 Å². The minimum atomic E-state index is 0.414. The second kappa shape index (κ2) is 6.17. The lowest BCUT2D eigenvalue weighted by atomic mass is 10.2. The monoisotopic (exact) mass is 280 g/mol. The maximum Gasteiger partial charge on any atom is 0.316 e. The van der Waals surface area contributed by atoms with Crippen LogP contribution in [-0.4, -0.2) is 35.2 Å². The second-order valence-corrected chi connectivity index (χ2v) is 4.69. The van der Waals surface area contributed by atoms with E-state index in [1.807, 2.05) is 43.4 Å². The molecule has 0 saturated carbocycles. The van der Waals surface area contributed by atoms with E-state index in [0.29, 0.717) is 12.6 Å². The van der Waals surface area contributed by atoms with Gasteiger partial charge < -0.3 is 9.64 Å². The van der Waals surface area contributed by atoms with Crippen LogP contribution in [0, 0.1) is 0 Å². The van der Waals surface area contributed by atoms with Gasteiger partial charge in [0.1, 0.15) is 6.61 Å². The van der Waals surface area contributed by atoms with Gasteiger partial charge in [0.25, 0.3) is 0 Å². The summed E-state index contributed by atoms with van der Waals surface area (Å²) in [6.45, 7) is 1.28. The molecule has 0 aliphatic rings. The molecule has 5 nitrogen and oxygen atoms in total. The van der Waals surface area contributed by atoms with E-state index in [2.05, 4.69) is 19.9 Å². The highest BCUT2D eigenvalue weighted by molar-refractivity contribution is 5.77. The molecule has 106 valence electrons. The van der Waals surface area contributed by atoms with Crippen molar-refractivity contribution in [3.63, 3.8) is 0 Å². The summed E-state index contributed by atoms with van der Waals surface area (Å²) in [4.78, 5) is 14.7. The average molecular weight is 280 g/mol. The third-order valence-electron chi connectivity index (χ3n) is 3.23. The number of aromatic nitrogens is 3. The Labute approximate surface area is 123 Å². The summed E-state index contributed by atoms with van der Waals surface area (Å²) in [7, 11) is 2.01. The van der Waals surface area contributed by atoms with Crippen molar-refractivity contribution in [3.05, 3.63) is 55.0 Å². The molecular formula is C16H16N4O. The van der Waals surface area contributed by atoms with Gasteiger partial charge in [0.2, 0.25) is 0 Å². The Morgan fingerprint density at radius 1 is 1.10 bits per heavy atom. The summed E-state index contributed by atoms with van der Waals surface area (Å²) in [6.07, 6.45) is 5.34. The van der Waals surface area contributed by atoms with E-state index in [9.17, 15) is 0 Å². The van der Waals surface area contributed by atoms with Crippen LogP contribution in [-0.2, 0) is 0 Å². The summed E-state index contributed by atoms with van der Waals surface area (Å²) < 4.78 is 5.63. The molecule has 0 aliphatic heterocycles. The number of hydrogen-bond donors (Lipinski definition) is 0. The fraction of sp³-hybridized carbons (Fsp3) is 0.188. The SMILES string of the molecule is CN(CCOc1ncc2ccccc2n1)c1ccncc1. The Kier molecular flexibility index (Phi) is 3.91. The van der Waals surface area contributed by atoms with E-state index >= 15 is 0 Å². The highest BCUT2D eigenvalue weighted by atomic mass is 16.5. The Morgan fingerprint density at radius 2 is 1.90 bits per heavy atom. The zero-order valence-corrected chi connectivity index (χ0v) is 11.8. The van der Waals surface area contributed by atoms with Crippen LogP contribution >= 0.6 is 0 Å². The molecule has 0 atom stereocenters. The summed E-state index contributed by atoms with van der Waals surface area (Å²) in [5, 5.41) is 1.01. The van der Waals surface area contributed by atoms with Crippen molar-refractivity contribution in [2.75, 3.05) is 25.1 Å². The molecule has 0 unspecified atom stereocenters. The van der Waals surface area contributed by atoms with Gasteiger partial charge in [-0.3, -0.25) is 4.98 Å². The Balaban J connectivity index is 1.59. The normalized spacial score (nSPS) is 10.5. The quantitative estimate of drug-likeness (QED) is 0.719. The van der Waals surface area contributed by atoms with Gasteiger partial charge in [-0.1, -0.05) is 18.2 Å². The molecule has 5 heteroatoms. The number of pyridine rings is 1. The van der Waals surface area contributed by atoms with Crippen LogP contribution in [0.3, 0.4) is 0 Å². The maximum atomic E-state index is 5.63. The fourth-order valence-electron chi connectivity index (χ4n) is 2.03. The third-order valence-corrected chi connectivity index (χ3v) is 3.23. The van der Waals surface area contributed by atoms with Gasteiger partial charge in [-0.2, -0.15) is 4.98 Å². The van der Waals surface area contributed by atoms with Crippen LogP contribution in [0.2, 0.25) is 0 Å². The first-order chi connectivity index (χ1) is 10.3. The molecule has 1 aromatic carbocycles. The standard InChI is InChI=1S/C16H16N4O/c1-20(14-6-8-17-9-7-14)10-11-21-16-18-12-13-4-2-3-5-15(13)19-16/h2-9,12H,10-11H2,1H3. The van der Waals surface area contributed by atoms with Crippen molar-refractivity contribution >= 4 is 16.6 Å². The number of fused-ring (bicyclic) bond motifs is 1. The number of rotatable bonds is 5. The molecule has 2 heterocycles. The van der Waals surface area contributed by atoms with Gasteiger partial charge in [0.05, 0.1) is 12.1 Å². The highest BCUT2D eigenvalue weighted by Crippen LogP contribution is 2.13. The molecule has 0 radical (unpaired) electrons. The summed E-state index contributed by atoms with van der Waals surface area (Å²) in [6, 6.07) is 12.2. The van der Waals surface area contributed by atoms with Gasteiger partial charge in [0, 0.05) is 36.7 Å². The van der Waals surface area contributed by atoms with Crippen molar-refractivity contribution in [1.82, 2.24) is 15.0 Å². The predicted molar refractivity (Wildman–Crippen MR) is 82.5 cm³/mol. The van der Waals surface area contributed by atoms with Crippen LogP contribution in [0.1, 0.15) is 0 Å². The zero-order chi connectivity index (χ0) is 14.5. The smallest absolute Gasteiger partial charge is 0.316 e. The number of likely N-dealkylation sites (N-methyl/N-ethyl adjacent to an activating group) is 1. The van der Waals surface area contributed by atoms with Crippen LogP contribution in [0.4, 0.5) is 5.69 Å². The molecule has 0 amide bonds. The molecule has 0 bridgehead atoms. The molecule has 0 aliphatic carbocycles. The number of anilines is 1. The Hall–Kier alpha value is -2.69. The summed E-state index contributed by atoms with van der Waals surface area (Å²) >= 11 is 0. The van der Waals surface area contributed by atoms with Crippen LogP contribution in [0.5, 0.6) is 6.01 Å². The van der Waals surface area contributed by atoms with Crippen LogP contribution < -0.4 is 9.64 Å². The molecule has 0 saturated heterocycles. The zero-order valence-electron chi connectivity index (χ0n) is 11.8. The van der Waals surface area contributed by atoms with Crippen molar-refractivity contribution < 1.29 is 4.74 Å². The molecule has 0 N–H and O–H groups in total. The van der Waals surface area contributed by atoms with Crippen molar-refractivity contribution in [3.8, 4) is 6.01 Å². The Bertz CT molecular complexity index is 718. The van der Waals surface area contributed by atoms with Gasteiger partial charge in [0.15, 0.2) is 0 Å². The van der Waals surface area contributed by atoms with Crippen molar-refractivity contribution in [1.29, 1.82) is 0 Å². The van der Waals surface area contributed by atoms with E-state index in [4.69, 9.17) is 4.74 Å². The average Bonchev–Trinajstić information content (AvgIpc) is 2.55. The number of benzene rings is 1. The fourth-order valence-corrected chi connectivity index (χ4v) is 2.03. The van der Waals surface area contributed by atoms with Crippen molar-refractivity contribution in [2.24, 2.45) is 0 Å². The first-order valence-electron chi connectivity index (χ1n) is 6.79. The molecule has 0 spiro atoms. The first-order valence-corrected chi connectivity index (χ1v) is 6.79. The largest absolute Gasteiger partial charge is 0.462 e. The molecule has 3 rings (SSSR count). The summed E-state index contributed by atoms with van der Waals surface area (Å²) in [5.41, 5.74) is 2.00. The van der Waals surface area contributed by atoms with E-state index in [-0.39, 0.29) is 0 Å². The van der Waals surface area contributed by atoms with Gasteiger partial charge >= 0.3 is 6.01 Å². The topological polar surface area (TPSA) is 51.1 Å². The van der Waals surface area contributed by atoms with E-state index < -0.39 is 0 Å². The lowest BCUT2D eigenvalue weighted by Gasteiger charge is -2.18. The molecule has 0 fully saturated rings. The number of nitrogens with zero attached hydrogens (tertiary/aromatic N) is 4. The number of para-hydroxylation sites is 1. The van der Waals surface area contributed by atoms with E-state index in [1.54, 1.807) is 18.6 Å². The first kappa shape index (κ1) is 13.3. The van der Waals surface area contributed by atoms with Crippen molar-refractivity contribution in [2.45, 2.75) is 0 Å². The molecular weight excluding hydrogens is 264 g/mol. The lowest BCUT2D eigenvalue weighted by Crippen LogP contribution is -2.24. The molecule has 2 aromatic heterocycles. The molecule has 21 heavy (non-hydrogen) atoms. The van der Waals surface area contributed by atoms with Gasteiger partial charge in [-0.15, -0.1) is 0 Å². The van der Waals surface area contributed by atoms with Gasteiger partial charge in [-0.25, -0.2) is 4.98 Å². The minimum Gasteiger partial charge on any atom is -0.462 e. The third kappa shape index (κ3) is 3.25. The van der Waals surface area contributed by atoms with Gasteiger partial charge in [-0.05, 0) is 18.2 Å². The summed E-state index contributed by atoms with van der Waals surface area (Å²) in [5.74, 6) is 0. The molecule has 3 aromatic rings. The lowest BCUT2D eigenvalue weighted by molar-refractivity contribution is 0.301. The van der Waals surface area contributed by atoms with Crippen LogP contribution in [0.25, 0.3) is 10.9 Å².